The highest BCUT2D eigenvalue weighted by Gasteiger charge is 2.83. The number of halogens is 41. The molecule has 0 aliphatic carbocycles. The van der Waals surface area contributed by atoms with Gasteiger partial charge in [0.1, 0.15) is 0 Å². The number of ether oxygens (including phenoxy) is 2. The summed E-state index contributed by atoms with van der Waals surface area (Å²) in [4.78, 5) is 30.2. The van der Waals surface area contributed by atoms with Gasteiger partial charge in [-0.2, -0.15) is 205 Å². The summed E-state index contributed by atoms with van der Waals surface area (Å²) in [6.07, 6.45) is -49.8. The van der Waals surface area contributed by atoms with Crippen molar-refractivity contribution in [3.8, 4) is 0 Å². The third kappa shape index (κ3) is 29.3. The van der Waals surface area contributed by atoms with E-state index < -0.39 is 209 Å². The molecule has 0 heterocycles. The monoisotopic (exact) mass is 1660 g/mol. The molecule has 0 saturated heterocycles. The summed E-state index contributed by atoms with van der Waals surface area (Å²) >= 11 is -1.50. The second-order valence-electron chi connectivity index (χ2n) is 16.4. The van der Waals surface area contributed by atoms with Gasteiger partial charge in [-0.1, -0.05) is 78.4 Å². The lowest BCUT2D eigenvalue weighted by Crippen LogP contribution is -2.61. The maximum absolute atomic E-state index is 13.8. The van der Waals surface area contributed by atoms with Gasteiger partial charge in [-0.05, 0) is 0 Å². The Hall–Kier alpha value is -7.53. The number of aliphatic carboxylic acids is 1. The lowest BCUT2D eigenvalue weighted by Gasteiger charge is -2.33. The summed E-state index contributed by atoms with van der Waals surface area (Å²) in [6.45, 7) is -6.30. The van der Waals surface area contributed by atoms with Gasteiger partial charge in [0.2, 0.25) is 0 Å². The van der Waals surface area contributed by atoms with Crippen LogP contribution in [0, 0.1) is 0 Å². The lowest BCUT2D eigenvalue weighted by molar-refractivity contribution is -0.397. The predicted molar refractivity (Wildman–Crippen MR) is 245 cm³/mol. The van der Waals surface area contributed by atoms with Crippen LogP contribution in [0.25, 0.3) is 0 Å². The molecule has 2 aromatic rings. The molecule has 0 aromatic heterocycles. The maximum Gasteiger partial charge on any atom is 0.490 e. The normalized spacial score (nSPS) is 13.7. The molecule has 102 heavy (non-hydrogen) atoms. The minimum absolute atomic E-state index is 0. The molecular weight excluding hydrogens is 1640 g/mol. The van der Waals surface area contributed by atoms with Crippen LogP contribution >= 0.6 is 0 Å². The zero-order valence-electron chi connectivity index (χ0n) is 45.9. The number of esters is 2. The molecular formula is C41H29F41N2O15S3. The van der Waals surface area contributed by atoms with Gasteiger partial charge in [-0.15, -0.1) is 0 Å². The van der Waals surface area contributed by atoms with Crippen molar-refractivity contribution in [2.75, 3.05) is 19.8 Å². The van der Waals surface area contributed by atoms with Crippen molar-refractivity contribution in [1.82, 2.24) is 0 Å². The fraction of sp³-hybridized carbons (Fsp3) is 0.585. The molecule has 0 atom stereocenters. The van der Waals surface area contributed by atoms with Crippen molar-refractivity contribution in [1.29, 1.82) is 0 Å². The summed E-state index contributed by atoms with van der Waals surface area (Å²) in [5.74, 6) is -69.6. The van der Waals surface area contributed by atoms with E-state index in [-0.39, 0.29) is 13.0 Å². The number of aliphatic hydroxyl groups is 1. The first kappa shape index (κ1) is 105. The maximum atomic E-state index is 13.8. The van der Waals surface area contributed by atoms with Crippen molar-refractivity contribution < 1.29 is 249 Å². The van der Waals surface area contributed by atoms with Gasteiger partial charge in [-0.25, -0.2) is 14.4 Å². The number of carboxylic acids is 1. The largest absolute Gasteiger partial charge is 0.490 e. The van der Waals surface area contributed by atoms with Gasteiger partial charge in [-0.3, -0.25) is 4.28 Å². The van der Waals surface area contributed by atoms with E-state index in [1.807, 2.05) is 5.16 Å². The Morgan fingerprint density at radius 1 is 0.392 bits per heavy atom. The first-order chi connectivity index (χ1) is 44.3. The molecule has 598 valence electrons. The topological polar surface area (TPSA) is 267 Å². The van der Waals surface area contributed by atoms with Gasteiger partial charge in [0, 0.05) is 24.2 Å². The van der Waals surface area contributed by atoms with Crippen LogP contribution in [0.1, 0.15) is 37.8 Å². The quantitative estimate of drug-likeness (QED) is 0.0366. The second kappa shape index (κ2) is 38.3. The molecule has 2 rings (SSSR count). The number of rotatable bonds is 20. The Labute approximate surface area is 541 Å². The van der Waals surface area contributed by atoms with Crippen LogP contribution in [0.4, 0.5) is 180 Å². The van der Waals surface area contributed by atoms with Crippen molar-refractivity contribution >= 4 is 62.6 Å². The Morgan fingerprint density at radius 2 is 0.637 bits per heavy atom. The Morgan fingerprint density at radius 3 is 0.853 bits per heavy atom. The fourth-order valence-electron chi connectivity index (χ4n) is 4.52. The molecule has 0 saturated carbocycles. The Bertz CT molecular complexity index is 3160. The number of aliphatic hydroxyl groups excluding tert-OH is 1. The number of hydrogen-bond acceptors (Lipinski definition) is 16. The SMILES string of the molecule is C.O/N=C(/c1ccccc1)C(F)(F)F.O=C(O)C(F)(F)F.O=C(OCCC(F)(F)C(F)(F)C(F)(F)C(F)(F)F)C(F)(F)F.O=C(OCCC(F)(F)C(F)(F)C(F)(F)C(F)(F)F)C(F)(F)S(=O)(=O)O/N=C(/c1ccccc1)C(F)(F)F.O=S=O.O=S=O.OCCC(F)(F)C(F)(F)C(F)(F)C(F)(F)F. The second-order valence-corrected chi connectivity index (χ2v) is 18.2. The van der Waals surface area contributed by atoms with E-state index in [0.717, 1.165) is 12.1 Å². The van der Waals surface area contributed by atoms with Crippen molar-refractivity contribution in [2.45, 2.75) is 128 Å². The summed E-state index contributed by atoms with van der Waals surface area (Å²) in [7, 11) is -6.86. The summed E-state index contributed by atoms with van der Waals surface area (Å²) in [6, 6.07) is 11.4. The van der Waals surface area contributed by atoms with Crippen LogP contribution in [-0.4, -0.2) is 192 Å². The number of oxime groups is 2. The molecule has 0 aliphatic rings. The van der Waals surface area contributed by atoms with Gasteiger partial charge in [0.25, 0.3) is 0 Å². The van der Waals surface area contributed by atoms with Crippen LogP contribution in [0.2, 0.25) is 0 Å². The van der Waals surface area contributed by atoms with Gasteiger partial charge in [0.05, 0.1) is 26.1 Å². The molecule has 17 nitrogen and oxygen atoms in total. The standard InChI is InChI=1S/C16H9F14NO5S.C8H4F12O2.C8H6F3NO.C6H5F9O.C2HF3O2.CH4.2O2S/c17-11(18,14(24,25)15(26,27)16(28,29)30)6-7-35-10(32)13(22,23)37(33,34)36-31-9(12(19,20)21)8-4-2-1-3-5-8;9-4(10,1-2-22-3(21)5(11,12)13)6(14,15)7(16,17)8(18,19)20;9-8(10,11)7(12-13)6-4-2-1-3-5-6;7-3(8,1-2-16)4(9,10)5(11,12)6(13,14)15;3-2(4,5)1(6)7;;2*1-3-2/h1-5H,6-7H2;1-2H2;1-5,13H;16H,1-2H2;(H,6,7);1H4;;/b31-9-;;12-7-;;;;;. The zero-order valence-corrected chi connectivity index (χ0v) is 48.3. The van der Waals surface area contributed by atoms with Crippen LogP contribution in [0.15, 0.2) is 71.0 Å². The molecule has 0 unspecified atom stereocenters. The van der Waals surface area contributed by atoms with Crippen molar-refractivity contribution in [3.63, 3.8) is 0 Å². The predicted octanol–water partition coefficient (Wildman–Crippen LogP) is 14.4. The Balaban J connectivity index is -0.000000301. The first-order valence-electron chi connectivity index (χ1n) is 22.5. The van der Waals surface area contributed by atoms with Crippen molar-refractivity contribution in [2.24, 2.45) is 10.3 Å². The molecule has 0 fully saturated rings. The highest BCUT2D eigenvalue weighted by Crippen LogP contribution is 2.57. The molecule has 3 N–H and O–H groups in total. The minimum atomic E-state index is -7.35. The van der Waals surface area contributed by atoms with E-state index in [9.17, 15) is 198 Å². The molecule has 61 heteroatoms. The van der Waals surface area contributed by atoms with E-state index in [1.54, 1.807) is 6.07 Å². The van der Waals surface area contributed by atoms with Crippen LogP contribution in [0.5, 0.6) is 0 Å². The molecule has 0 aliphatic heterocycles. The Kier molecular flexibility index (Phi) is 39.6. The summed E-state index contributed by atoms with van der Waals surface area (Å²) < 4.78 is 568. The van der Waals surface area contributed by atoms with Gasteiger partial charge >= 0.3 is 153 Å². The van der Waals surface area contributed by atoms with Crippen LogP contribution in [-0.2, 0) is 61.4 Å². The van der Waals surface area contributed by atoms with E-state index in [1.165, 1.54) is 30.3 Å². The van der Waals surface area contributed by atoms with E-state index in [4.69, 9.17) is 37.1 Å². The average Bonchev–Trinajstić information content (AvgIpc) is 0.758. The molecule has 0 bridgehead atoms. The smallest absolute Gasteiger partial charge is 0.475 e. The fourth-order valence-corrected chi connectivity index (χ4v) is 5.05. The highest BCUT2D eigenvalue weighted by atomic mass is 32.2. The number of carboxylic acid groups (broad SMARTS) is 1. The molecule has 0 radical (unpaired) electrons. The highest BCUT2D eigenvalue weighted by molar-refractivity contribution is 7.88. The molecule has 2 aromatic carbocycles. The lowest BCUT2D eigenvalue weighted by atomic mass is 10.0. The average molecular weight is 1660 g/mol. The summed E-state index contributed by atoms with van der Waals surface area (Å²) in [5, 5.41) is 21.4. The molecule has 0 spiro atoms. The molecule has 0 amide bonds. The van der Waals surface area contributed by atoms with Crippen molar-refractivity contribution in [3.05, 3.63) is 71.8 Å². The number of carbonyl (C=O) groups is 3. The number of benzene rings is 2. The van der Waals surface area contributed by atoms with Gasteiger partial charge < -0.3 is 24.9 Å². The first-order valence-corrected chi connectivity index (χ1v) is 25.2. The van der Waals surface area contributed by atoms with Crippen LogP contribution < -0.4 is 0 Å². The number of alkyl halides is 41. The minimum Gasteiger partial charge on any atom is -0.475 e. The number of carbonyl (C=O) groups excluding carboxylic acids is 2. The van der Waals surface area contributed by atoms with E-state index >= 15 is 0 Å². The van der Waals surface area contributed by atoms with E-state index in [2.05, 4.69) is 18.9 Å². The summed E-state index contributed by atoms with van der Waals surface area (Å²) in [5.41, 5.74) is -4.58. The van der Waals surface area contributed by atoms with E-state index in [0.29, 0.717) is 12.1 Å². The number of hydrogen-bond donors (Lipinski definition) is 3. The van der Waals surface area contributed by atoms with Crippen LogP contribution in [0.3, 0.4) is 0 Å². The van der Waals surface area contributed by atoms with Gasteiger partial charge in [0.15, 0.2) is 11.4 Å². The third-order valence-corrected chi connectivity index (χ3v) is 10.4. The zero-order chi connectivity index (χ0) is 82.3. The number of nitrogens with zero attached hydrogens (tertiary/aromatic N) is 2. The third-order valence-electron chi connectivity index (χ3n) is 9.34.